The van der Waals surface area contributed by atoms with Crippen molar-refractivity contribution in [1.29, 1.82) is 5.41 Å². The Hall–Kier alpha value is -0.410. The van der Waals surface area contributed by atoms with E-state index in [0.717, 1.165) is 19.7 Å². The van der Waals surface area contributed by atoms with Gasteiger partial charge in [-0.2, -0.15) is 0 Å². The molecule has 0 saturated heterocycles. The lowest BCUT2D eigenvalue weighted by Crippen LogP contribution is -2.27. The summed E-state index contributed by atoms with van der Waals surface area (Å²) < 4.78 is 4.88. The van der Waals surface area contributed by atoms with Crippen molar-refractivity contribution >= 4 is 5.71 Å². The molecule has 0 atom stereocenters. The molecule has 0 heterocycles. The molecule has 0 aromatic heterocycles. The van der Waals surface area contributed by atoms with Crippen molar-refractivity contribution in [2.75, 3.05) is 33.9 Å². The number of hydrogen-bond donors (Lipinski definition) is 1. The lowest BCUT2D eigenvalue weighted by atomic mass is 10.4. The molecule has 0 rings (SSSR count). The average molecular weight is 174 g/mol. The maximum Gasteiger partial charge on any atom is 0.0589 e. The van der Waals surface area contributed by atoms with Gasteiger partial charge in [0.05, 0.1) is 6.61 Å². The molecule has 0 unspecified atom stereocenters. The van der Waals surface area contributed by atoms with Crippen molar-refractivity contribution in [2.24, 2.45) is 0 Å². The van der Waals surface area contributed by atoms with Crippen LogP contribution in [0.15, 0.2) is 0 Å². The van der Waals surface area contributed by atoms with E-state index >= 15 is 0 Å². The van der Waals surface area contributed by atoms with Crippen molar-refractivity contribution in [1.82, 2.24) is 4.90 Å². The summed E-state index contributed by atoms with van der Waals surface area (Å²) in [5.74, 6) is 0. The highest BCUT2D eigenvalue weighted by Crippen LogP contribution is 1.82. The number of methoxy groups -OCH3 is 1. The molecule has 0 saturated carbocycles. The van der Waals surface area contributed by atoms with Gasteiger partial charge in [0.1, 0.15) is 0 Å². The van der Waals surface area contributed by atoms with Gasteiger partial charge < -0.3 is 10.1 Å². The molecule has 12 heavy (non-hydrogen) atoms. The minimum Gasteiger partial charge on any atom is -0.383 e. The minimum atomic E-state index is 0.693. The molecule has 3 heteroatoms. The first-order valence-corrected chi connectivity index (χ1v) is 4.38. The Morgan fingerprint density at radius 3 is 2.25 bits per heavy atom. The quantitative estimate of drug-likeness (QED) is 0.643. The summed E-state index contributed by atoms with van der Waals surface area (Å²) in [6.45, 7) is 8.18. The molecule has 0 amide bonds. The summed E-state index contributed by atoms with van der Waals surface area (Å²) >= 11 is 0. The fraction of sp³-hybridized carbons (Fsp3) is 0.889. The predicted molar refractivity (Wildman–Crippen MR) is 54.1 cm³/mol. The number of ether oxygens (including phenoxy) is 1. The summed E-state index contributed by atoms with van der Waals surface area (Å²) in [7, 11) is 3.67. The third-order valence-corrected chi connectivity index (χ3v) is 1.18. The lowest BCUT2D eigenvalue weighted by Gasteiger charge is -2.14. The summed E-state index contributed by atoms with van der Waals surface area (Å²) in [6.07, 6.45) is 0. The van der Waals surface area contributed by atoms with E-state index in [4.69, 9.17) is 10.1 Å². The van der Waals surface area contributed by atoms with E-state index < -0.39 is 0 Å². The molecule has 3 nitrogen and oxygen atoms in total. The van der Waals surface area contributed by atoms with Crippen molar-refractivity contribution < 1.29 is 4.74 Å². The van der Waals surface area contributed by atoms with Gasteiger partial charge in [0.2, 0.25) is 0 Å². The molecular formula is C9H22N2O. The second-order valence-electron chi connectivity index (χ2n) is 2.51. The van der Waals surface area contributed by atoms with E-state index in [1.54, 1.807) is 7.11 Å². The van der Waals surface area contributed by atoms with Crippen LogP contribution < -0.4 is 0 Å². The Balaban J connectivity index is 0. The van der Waals surface area contributed by atoms with E-state index in [9.17, 15) is 0 Å². The maximum atomic E-state index is 7.18. The largest absolute Gasteiger partial charge is 0.383 e. The minimum absolute atomic E-state index is 0.693. The second kappa shape index (κ2) is 10.6. The molecule has 74 valence electrons. The Morgan fingerprint density at radius 1 is 1.42 bits per heavy atom. The highest BCUT2D eigenvalue weighted by Gasteiger charge is 1.96. The van der Waals surface area contributed by atoms with Gasteiger partial charge in [0.25, 0.3) is 0 Å². The molecule has 0 aliphatic carbocycles. The average Bonchev–Trinajstić information content (AvgIpc) is 2.03. The van der Waals surface area contributed by atoms with E-state index in [1.165, 1.54) is 0 Å². The van der Waals surface area contributed by atoms with Crippen LogP contribution in [0.5, 0.6) is 0 Å². The van der Waals surface area contributed by atoms with Crippen LogP contribution in [-0.2, 0) is 4.74 Å². The van der Waals surface area contributed by atoms with Gasteiger partial charge in [-0.3, -0.25) is 4.90 Å². The third-order valence-electron chi connectivity index (χ3n) is 1.18. The monoisotopic (exact) mass is 174 g/mol. The van der Waals surface area contributed by atoms with E-state index in [1.807, 2.05) is 27.8 Å². The molecule has 0 aliphatic rings. The van der Waals surface area contributed by atoms with Crippen molar-refractivity contribution in [3.63, 3.8) is 0 Å². The molecule has 1 N–H and O–H groups in total. The molecule has 0 radical (unpaired) electrons. The summed E-state index contributed by atoms with van der Waals surface area (Å²) in [4.78, 5) is 2.06. The number of nitrogens with one attached hydrogen (secondary N) is 1. The molecule has 0 aromatic carbocycles. The van der Waals surface area contributed by atoms with Gasteiger partial charge in [0.15, 0.2) is 0 Å². The molecule has 0 aromatic rings. The number of nitrogens with zero attached hydrogens (tertiary/aromatic N) is 1. The lowest BCUT2D eigenvalue weighted by molar-refractivity contribution is 0.168. The van der Waals surface area contributed by atoms with Gasteiger partial charge in [-0.15, -0.1) is 0 Å². The number of rotatable bonds is 5. The van der Waals surface area contributed by atoms with Crippen molar-refractivity contribution in [3.05, 3.63) is 0 Å². The van der Waals surface area contributed by atoms with Crippen LogP contribution >= 0.6 is 0 Å². The predicted octanol–water partition coefficient (Wildman–Crippen LogP) is 1.63. The fourth-order valence-electron chi connectivity index (χ4n) is 0.731. The zero-order chi connectivity index (χ0) is 9.98. The second-order valence-corrected chi connectivity index (χ2v) is 2.51. The zero-order valence-corrected chi connectivity index (χ0v) is 8.98. The fourth-order valence-corrected chi connectivity index (χ4v) is 0.731. The highest BCUT2D eigenvalue weighted by atomic mass is 16.5. The summed E-state index contributed by atoms with van der Waals surface area (Å²) in [5.41, 5.74) is 0.693. The Bertz CT molecular complexity index is 105. The van der Waals surface area contributed by atoms with Crippen LogP contribution in [0.3, 0.4) is 0 Å². The zero-order valence-electron chi connectivity index (χ0n) is 8.98. The normalized spacial score (nSPS) is 9.17. The highest BCUT2D eigenvalue weighted by molar-refractivity contribution is 5.80. The third kappa shape index (κ3) is 12.3. The standard InChI is InChI=1S/C7H16N2O.C2H6/c1-7(8)6-9(2)4-5-10-3;1-2/h8H,4-6H2,1-3H3;1-2H3. The molecule has 0 aliphatic heterocycles. The van der Waals surface area contributed by atoms with Gasteiger partial charge in [-0.1, -0.05) is 13.8 Å². The summed E-state index contributed by atoms with van der Waals surface area (Å²) in [5, 5.41) is 7.18. The van der Waals surface area contributed by atoms with Crippen molar-refractivity contribution in [3.8, 4) is 0 Å². The Kier molecular flexibility index (Phi) is 12.5. The van der Waals surface area contributed by atoms with E-state index in [0.29, 0.717) is 5.71 Å². The van der Waals surface area contributed by atoms with Crippen LogP contribution in [0.4, 0.5) is 0 Å². The molecular weight excluding hydrogens is 152 g/mol. The molecule has 0 fully saturated rings. The van der Waals surface area contributed by atoms with Crippen molar-refractivity contribution in [2.45, 2.75) is 20.8 Å². The van der Waals surface area contributed by atoms with Crippen LogP contribution in [-0.4, -0.2) is 44.5 Å². The first-order chi connectivity index (χ1) is 5.66. The SMILES string of the molecule is CC.COCCN(C)CC(C)=N. The van der Waals surface area contributed by atoms with Crippen LogP contribution in [0.2, 0.25) is 0 Å². The summed E-state index contributed by atoms with van der Waals surface area (Å²) in [6, 6.07) is 0. The smallest absolute Gasteiger partial charge is 0.0589 e. The molecule has 0 spiro atoms. The Labute approximate surface area is 76.2 Å². The van der Waals surface area contributed by atoms with E-state index in [-0.39, 0.29) is 0 Å². The first-order valence-electron chi connectivity index (χ1n) is 4.38. The first kappa shape index (κ1) is 14.1. The van der Waals surface area contributed by atoms with Gasteiger partial charge in [-0.25, -0.2) is 0 Å². The van der Waals surface area contributed by atoms with Gasteiger partial charge >= 0.3 is 0 Å². The maximum absolute atomic E-state index is 7.18. The van der Waals surface area contributed by atoms with Crippen LogP contribution in [0, 0.1) is 5.41 Å². The van der Waals surface area contributed by atoms with Crippen LogP contribution in [0.25, 0.3) is 0 Å². The topological polar surface area (TPSA) is 36.3 Å². The van der Waals surface area contributed by atoms with E-state index in [2.05, 4.69) is 4.90 Å². The number of hydrogen-bond acceptors (Lipinski definition) is 3. The number of likely N-dealkylation sites (N-methyl/N-ethyl adjacent to an activating group) is 1. The van der Waals surface area contributed by atoms with Gasteiger partial charge in [-0.05, 0) is 14.0 Å². The Morgan fingerprint density at radius 2 is 1.92 bits per heavy atom. The molecule has 0 bridgehead atoms. The van der Waals surface area contributed by atoms with Gasteiger partial charge in [0, 0.05) is 25.9 Å². The van der Waals surface area contributed by atoms with Crippen LogP contribution in [0.1, 0.15) is 20.8 Å².